The van der Waals surface area contributed by atoms with Gasteiger partial charge < -0.3 is 0 Å². The molecule has 1 nitrogen and oxygen atoms in total. The second-order valence-electron chi connectivity index (χ2n) is 3.57. The van der Waals surface area contributed by atoms with E-state index in [9.17, 15) is 0 Å². The lowest BCUT2D eigenvalue weighted by atomic mass is 9.80. The third-order valence-electron chi connectivity index (χ3n) is 2.97. The zero-order chi connectivity index (χ0) is 6.97. The Morgan fingerprint density at radius 3 is 2.50 bits per heavy atom. The highest BCUT2D eigenvalue weighted by atomic mass is 15.2. The quantitative estimate of drug-likeness (QED) is 0.562. The molecule has 1 radical (unpaired) electrons. The van der Waals surface area contributed by atoms with E-state index >= 15 is 0 Å². The highest BCUT2D eigenvalue weighted by Gasteiger charge is 2.39. The van der Waals surface area contributed by atoms with Crippen molar-refractivity contribution in [1.29, 1.82) is 0 Å². The predicted molar refractivity (Wildman–Crippen MR) is 42.7 cm³/mol. The number of rotatable bonds is 2. The Morgan fingerprint density at radius 2 is 2.00 bits per heavy atom. The molecule has 2 unspecified atom stereocenters. The van der Waals surface area contributed by atoms with E-state index in [4.69, 9.17) is 0 Å². The molecule has 3 fully saturated rings. The molecule has 2 atom stereocenters. The first kappa shape index (κ1) is 6.66. The Bertz CT molecular complexity index is 108. The van der Waals surface area contributed by atoms with Crippen molar-refractivity contribution in [1.82, 2.24) is 4.90 Å². The summed E-state index contributed by atoms with van der Waals surface area (Å²) >= 11 is 0. The number of fused-ring (bicyclic) bond motifs is 2. The van der Waals surface area contributed by atoms with Crippen molar-refractivity contribution in [2.45, 2.75) is 44.2 Å². The minimum absolute atomic E-state index is 0.959. The van der Waals surface area contributed by atoms with Gasteiger partial charge in [-0.25, -0.2) is 0 Å². The van der Waals surface area contributed by atoms with Crippen LogP contribution in [-0.2, 0) is 0 Å². The molecule has 0 aromatic carbocycles. The van der Waals surface area contributed by atoms with Gasteiger partial charge in [0.15, 0.2) is 0 Å². The summed E-state index contributed by atoms with van der Waals surface area (Å²) in [4.78, 5) is 2.65. The summed E-state index contributed by atoms with van der Waals surface area (Å²) in [5, 5.41) is 0. The summed E-state index contributed by atoms with van der Waals surface area (Å²) in [6.07, 6.45) is 6.96. The molecule has 3 rings (SSSR count). The maximum atomic E-state index is 3.89. The van der Waals surface area contributed by atoms with Gasteiger partial charge in [-0.2, -0.15) is 0 Å². The number of hydrogen-bond donors (Lipinski definition) is 0. The Balaban J connectivity index is 1.87. The average Bonchev–Trinajstić information content (AvgIpc) is 2.01. The van der Waals surface area contributed by atoms with Gasteiger partial charge >= 0.3 is 0 Å². The van der Waals surface area contributed by atoms with Crippen LogP contribution in [0.25, 0.3) is 0 Å². The molecule has 1 saturated carbocycles. The first-order chi connectivity index (χ1) is 4.92. The smallest absolute Gasteiger partial charge is 0.0113 e. The van der Waals surface area contributed by atoms with E-state index in [2.05, 4.69) is 11.8 Å². The summed E-state index contributed by atoms with van der Waals surface area (Å²) in [7, 11) is 0. The number of piperidine rings is 1. The molecule has 2 bridgehead atoms. The molecule has 1 aliphatic carbocycles. The summed E-state index contributed by atoms with van der Waals surface area (Å²) < 4.78 is 0. The molecule has 1 heteroatoms. The molecule has 2 saturated heterocycles. The maximum Gasteiger partial charge on any atom is 0.0113 e. The molecule has 0 N–H and O–H groups in total. The highest BCUT2D eigenvalue weighted by Crippen LogP contribution is 2.37. The SMILES string of the molecule is [CH2]CCN1C2CCCC1C2. The summed E-state index contributed by atoms with van der Waals surface area (Å²) in [5.41, 5.74) is 0. The predicted octanol–water partition coefficient (Wildman–Crippen LogP) is 1.84. The summed E-state index contributed by atoms with van der Waals surface area (Å²) in [5.74, 6) is 0. The van der Waals surface area contributed by atoms with E-state index in [-0.39, 0.29) is 0 Å². The number of hydrogen-bond acceptors (Lipinski definition) is 1. The van der Waals surface area contributed by atoms with Crippen molar-refractivity contribution in [3.63, 3.8) is 0 Å². The third-order valence-corrected chi connectivity index (χ3v) is 2.97. The van der Waals surface area contributed by atoms with Gasteiger partial charge in [-0.3, -0.25) is 4.90 Å². The average molecular weight is 138 g/mol. The molecular weight excluding hydrogens is 122 g/mol. The monoisotopic (exact) mass is 138 g/mol. The van der Waals surface area contributed by atoms with Crippen LogP contribution in [0.4, 0.5) is 0 Å². The van der Waals surface area contributed by atoms with Gasteiger partial charge in [-0.15, -0.1) is 0 Å². The van der Waals surface area contributed by atoms with Gasteiger partial charge in [0.25, 0.3) is 0 Å². The first-order valence-corrected chi connectivity index (χ1v) is 4.47. The van der Waals surface area contributed by atoms with Gasteiger partial charge in [0, 0.05) is 12.1 Å². The lowest BCUT2D eigenvalue weighted by Crippen LogP contribution is -2.58. The van der Waals surface area contributed by atoms with Crippen molar-refractivity contribution in [3.05, 3.63) is 6.92 Å². The van der Waals surface area contributed by atoms with Crippen molar-refractivity contribution in [2.75, 3.05) is 6.54 Å². The van der Waals surface area contributed by atoms with Crippen LogP contribution in [0.3, 0.4) is 0 Å². The van der Waals surface area contributed by atoms with E-state index in [1.54, 1.807) is 0 Å². The van der Waals surface area contributed by atoms with E-state index in [1.165, 1.54) is 32.2 Å². The zero-order valence-corrected chi connectivity index (χ0v) is 6.55. The van der Waals surface area contributed by atoms with E-state index in [1.807, 2.05) is 0 Å². The van der Waals surface area contributed by atoms with Gasteiger partial charge in [0.05, 0.1) is 0 Å². The minimum atomic E-state index is 0.959. The molecule has 10 heavy (non-hydrogen) atoms. The van der Waals surface area contributed by atoms with Gasteiger partial charge in [0.1, 0.15) is 0 Å². The topological polar surface area (TPSA) is 3.24 Å². The fraction of sp³-hybridized carbons (Fsp3) is 0.889. The van der Waals surface area contributed by atoms with Crippen LogP contribution in [0, 0.1) is 6.92 Å². The molecule has 57 valence electrons. The fourth-order valence-electron chi connectivity index (χ4n) is 2.45. The van der Waals surface area contributed by atoms with Crippen LogP contribution in [0.5, 0.6) is 0 Å². The molecule has 0 aromatic heterocycles. The summed E-state index contributed by atoms with van der Waals surface area (Å²) in [6.45, 7) is 5.14. The molecule has 2 heterocycles. The van der Waals surface area contributed by atoms with Gasteiger partial charge in [0.2, 0.25) is 0 Å². The molecule has 2 aliphatic heterocycles. The molecule has 0 spiro atoms. The first-order valence-electron chi connectivity index (χ1n) is 4.47. The molecule has 0 aromatic rings. The van der Waals surface area contributed by atoms with Crippen molar-refractivity contribution in [2.24, 2.45) is 0 Å². The fourth-order valence-corrected chi connectivity index (χ4v) is 2.45. The third kappa shape index (κ3) is 0.878. The Morgan fingerprint density at radius 1 is 1.30 bits per heavy atom. The standard InChI is InChI=1S/C9H16N/c1-2-6-10-8-4-3-5-9(10)7-8/h8-9H,1-7H2. The van der Waals surface area contributed by atoms with Crippen molar-refractivity contribution >= 4 is 0 Å². The second kappa shape index (κ2) is 2.54. The summed E-state index contributed by atoms with van der Waals surface area (Å²) in [6, 6.07) is 1.92. The minimum Gasteiger partial charge on any atom is -0.297 e. The van der Waals surface area contributed by atoms with Crippen molar-refractivity contribution in [3.8, 4) is 0 Å². The van der Waals surface area contributed by atoms with Crippen LogP contribution < -0.4 is 0 Å². The Labute approximate surface area is 63.4 Å². The van der Waals surface area contributed by atoms with Crippen molar-refractivity contribution < 1.29 is 0 Å². The second-order valence-corrected chi connectivity index (χ2v) is 3.57. The van der Waals surface area contributed by atoms with E-state index < -0.39 is 0 Å². The van der Waals surface area contributed by atoms with E-state index in [0.717, 1.165) is 18.5 Å². The molecule has 3 aliphatic rings. The Hall–Kier alpha value is -0.0400. The van der Waals surface area contributed by atoms with Crippen LogP contribution in [-0.4, -0.2) is 23.5 Å². The maximum absolute atomic E-state index is 3.89. The van der Waals surface area contributed by atoms with Crippen LogP contribution >= 0.6 is 0 Å². The largest absolute Gasteiger partial charge is 0.297 e. The molecular formula is C9H16N. The molecule has 0 amide bonds. The van der Waals surface area contributed by atoms with Gasteiger partial charge in [-0.05, 0) is 32.2 Å². The van der Waals surface area contributed by atoms with Crippen LogP contribution in [0.2, 0.25) is 0 Å². The van der Waals surface area contributed by atoms with Crippen LogP contribution in [0.1, 0.15) is 32.1 Å². The Kier molecular flexibility index (Phi) is 1.69. The normalized spacial score (nSPS) is 39.3. The lowest BCUT2D eigenvalue weighted by Gasteiger charge is -2.53. The van der Waals surface area contributed by atoms with Crippen LogP contribution in [0.15, 0.2) is 0 Å². The highest BCUT2D eigenvalue weighted by molar-refractivity contribution is 4.96. The van der Waals surface area contributed by atoms with E-state index in [0.29, 0.717) is 0 Å². The van der Waals surface area contributed by atoms with Gasteiger partial charge in [-0.1, -0.05) is 13.3 Å². The number of nitrogens with zero attached hydrogens (tertiary/aromatic N) is 1. The lowest BCUT2D eigenvalue weighted by molar-refractivity contribution is -0.0253. The zero-order valence-electron chi connectivity index (χ0n) is 6.55.